The molecule has 0 aliphatic carbocycles. The number of carboxylic acids is 1. The second kappa shape index (κ2) is 21.6. The van der Waals surface area contributed by atoms with Gasteiger partial charge in [0.05, 0.1) is 6.61 Å². The minimum Gasteiger partial charge on any atom is -0.550 e. The van der Waals surface area contributed by atoms with Gasteiger partial charge in [-0.2, -0.15) is 0 Å². The Labute approximate surface area is 166 Å². The number of ether oxygens (including phenoxy) is 1. The summed E-state index contributed by atoms with van der Waals surface area (Å²) in [5, 5.41) is 10.2. The minimum atomic E-state index is -1.06. The molecule has 0 amide bonds. The summed E-state index contributed by atoms with van der Waals surface area (Å²) in [7, 11) is 0. The van der Waals surface area contributed by atoms with Gasteiger partial charge in [-0.25, -0.2) is 0 Å². The van der Waals surface area contributed by atoms with Crippen molar-refractivity contribution in [2.75, 3.05) is 6.61 Å². The molecule has 0 aromatic rings. The zero-order chi connectivity index (χ0) is 17.9. The van der Waals surface area contributed by atoms with Crippen LogP contribution in [0.3, 0.4) is 0 Å². The maximum Gasteiger partial charge on any atom is 1.00 e. The topological polar surface area (TPSA) is 66.4 Å². The SMILES string of the molecule is CCCCCCCCCCCCCCOC(=O)CCCCC(=O)[O-].[Li+]. The third kappa shape index (κ3) is 23.5. The zero-order valence-corrected chi connectivity index (χ0v) is 16.7. The van der Waals surface area contributed by atoms with Crippen molar-refractivity contribution in [3.8, 4) is 0 Å². The second-order valence-corrected chi connectivity index (χ2v) is 6.69. The Balaban J connectivity index is 0. The molecule has 0 aromatic heterocycles. The third-order valence-corrected chi connectivity index (χ3v) is 4.27. The number of rotatable bonds is 18. The number of carboxylic acid groups (broad SMARTS) is 1. The van der Waals surface area contributed by atoms with E-state index in [1.165, 1.54) is 64.2 Å². The van der Waals surface area contributed by atoms with Gasteiger partial charge in [-0.15, -0.1) is 0 Å². The van der Waals surface area contributed by atoms with Gasteiger partial charge in [0.2, 0.25) is 0 Å². The number of esters is 1. The zero-order valence-electron chi connectivity index (χ0n) is 16.7. The summed E-state index contributed by atoms with van der Waals surface area (Å²) in [6.45, 7) is 2.75. The van der Waals surface area contributed by atoms with E-state index in [0.29, 0.717) is 25.9 Å². The number of unbranched alkanes of at least 4 members (excludes halogenated alkanes) is 12. The maximum atomic E-state index is 11.4. The Morgan fingerprint density at radius 3 is 1.60 bits per heavy atom. The van der Waals surface area contributed by atoms with Crippen LogP contribution in [0.4, 0.5) is 0 Å². The summed E-state index contributed by atoms with van der Waals surface area (Å²) in [6.07, 6.45) is 16.9. The molecular formula is C20H37LiO4. The van der Waals surface area contributed by atoms with Gasteiger partial charge in [0.15, 0.2) is 0 Å². The van der Waals surface area contributed by atoms with Crippen LogP contribution < -0.4 is 24.0 Å². The fourth-order valence-electron chi connectivity index (χ4n) is 2.74. The third-order valence-electron chi connectivity index (χ3n) is 4.27. The number of carbonyl (C=O) groups is 2. The van der Waals surface area contributed by atoms with Crippen molar-refractivity contribution in [3.63, 3.8) is 0 Å². The molecule has 0 heterocycles. The summed E-state index contributed by atoms with van der Waals surface area (Å²) in [6, 6.07) is 0. The summed E-state index contributed by atoms with van der Waals surface area (Å²) in [5.74, 6) is -1.27. The van der Waals surface area contributed by atoms with Gasteiger partial charge in [0, 0.05) is 12.4 Å². The van der Waals surface area contributed by atoms with E-state index in [-0.39, 0.29) is 31.3 Å². The number of hydrogen-bond acceptors (Lipinski definition) is 4. The van der Waals surface area contributed by atoms with Crippen LogP contribution in [0, 0.1) is 0 Å². The van der Waals surface area contributed by atoms with E-state index in [0.717, 1.165) is 12.8 Å². The molecule has 0 radical (unpaired) electrons. The van der Waals surface area contributed by atoms with Crippen LogP contribution in [0.1, 0.15) is 110 Å². The van der Waals surface area contributed by atoms with Gasteiger partial charge >= 0.3 is 24.8 Å². The molecule has 142 valence electrons. The Morgan fingerprint density at radius 2 is 1.12 bits per heavy atom. The first-order valence-electron chi connectivity index (χ1n) is 10.0. The molecule has 0 fully saturated rings. The summed E-state index contributed by atoms with van der Waals surface area (Å²) in [4.78, 5) is 21.6. The van der Waals surface area contributed by atoms with E-state index < -0.39 is 5.97 Å². The standard InChI is InChI=1S/C20H38O4.Li/c1-2-3-4-5-6-7-8-9-10-11-12-15-18-24-20(23)17-14-13-16-19(21)22;/h2-18H2,1H3,(H,21,22);/q;+1/p-1. The smallest absolute Gasteiger partial charge is 0.550 e. The molecule has 25 heavy (non-hydrogen) atoms. The van der Waals surface area contributed by atoms with E-state index in [4.69, 9.17) is 4.74 Å². The predicted octanol–water partition coefficient (Wildman–Crippen LogP) is 1.55. The largest absolute Gasteiger partial charge is 1.00 e. The summed E-state index contributed by atoms with van der Waals surface area (Å²) < 4.78 is 5.14. The Hall–Kier alpha value is -0.463. The molecule has 4 nitrogen and oxygen atoms in total. The van der Waals surface area contributed by atoms with Gasteiger partial charge in [0.25, 0.3) is 0 Å². The van der Waals surface area contributed by atoms with Crippen LogP contribution in [0.15, 0.2) is 0 Å². The van der Waals surface area contributed by atoms with Crippen molar-refractivity contribution in [2.24, 2.45) is 0 Å². The molecule has 0 bridgehead atoms. The molecule has 0 unspecified atom stereocenters. The molecular weight excluding hydrogens is 311 g/mol. The van der Waals surface area contributed by atoms with Crippen molar-refractivity contribution in [2.45, 2.75) is 110 Å². The fourth-order valence-corrected chi connectivity index (χ4v) is 2.74. The molecule has 0 rings (SSSR count). The van der Waals surface area contributed by atoms with Crippen LogP contribution in [0.5, 0.6) is 0 Å². The van der Waals surface area contributed by atoms with Crippen LogP contribution >= 0.6 is 0 Å². The van der Waals surface area contributed by atoms with Crippen LogP contribution in [0.25, 0.3) is 0 Å². The molecule has 0 saturated heterocycles. The maximum absolute atomic E-state index is 11.4. The monoisotopic (exact) mass is 348 g/mol. The van der Waals surface area contributed by atoms with E-state index in [2.05, 4.69) is 6.92 Å². The molecule has 0 aliphatic rings. The molecule has 0 aliphatic heterocycles. The summed E-state index contributed by atoms with van der Waals surface area (Å²) in [5.41, 5.74) is 0. The van der Waals surface area contributed by atoms with Crippen molar-refractivity contribution >= 4 is 11.9 Å². The van der Waals surface area contributed by atoms with Gasteiger partial charge < -0.3 is 14.6 Å². The quantitative estimate of drug-likeness (QED) is 0.214. The fraction of sp³-hybridized carbons (Fsp3) is 0.900. The first kappa shape index (κ1) is 26.8. The number of aliphatic carboxylic acids is 1. The number of carbonyl (C=O) groups excluding carboxylic acids is 2. The molecule has 0 atom stereocenters. The Morgan fingerprint density at radius 1 is 0.680 bits per heavy atom. The molecule has 0 spiro atoms. The van der Waals surface area contributed by atoms with Crippen LogP contribution in [0.2, 0.25) is 0 Å². The summed E-state index contributed by atoms with van der Waals surface area (Å²) >= 11 is 0. The van der Waals surface area contributed by atoms with Gasteiger partial charge in [-0.1, -0.05) is 77.6 Å². The average molecular weight is 348 g/mol. The Bertz CT molecular complexity index is 308. The van der Waals surface area contributed by atoms with E-state index >= 15 is 0 Å². The van der Waals surface area contributed by atoms with E-state index in [9.17, 15) is 14.7 Å². The van der Waals surface area contributed by atoms with Gasteiger partial charge in [0.1, 0.15) is 0 Å². The molecule has 0 aromatic carbocycles. The first-order chi connectivity index (χ1) is 11.7. The predicted molar refractivity (Wildman–Crippen MR) is 95.5 cm³/mol. The Kier molecular flexibility index (Phi) is 23.1. The van der Waals surface area contributed by atoms with Crippen LogP contribution in [-0.4, -0.2) is 18.5 Å². The normalized spacial score (nSPS) is 10.3. The molecule has 0 N–H and O–H groups in total. The molecule has 5 heteroatoms. The number of hydrogen-bond donors (Lipinski definition) is 0. The van der Waals surface area contributed by atoms with Gasteiger partial charge in [-0.05, 0) is 25.7 Å². The second-order valence-electron chi connectivity index (χ2n) is 6.69. The van der Waals surface area contributed by atoms with Crippen LogP contribution in [-0.2, 0) is 14.3 Å². The van der Waals surface area contributed by atoms with Gasteiger partial charge in [-0.3, -0.25) is 4.79 Å². The minimum absolute atomic E-state index is 0. The molecule has 0 saturated carbocycles. The average Bonchev–Trinajstić information content (AvgIpc) is 2.55. The van der Waals surface area contributed by atoms with Crippen molar-refractivity contribution in [1.29, 1.82) is 0 Å². The van der Waals surface area contributed by atoms with Crippen molar-refractivity contribution in [3.05, 3.63) is 0 Å². The van der Waals surface area contributed by atoms with Crippen molar-refractivity contribution < 1.29 is 38.3 Å². The van der Waals surface area contributed by atoms with Crippen molar-refractivity contribution in [1.82, 2.24) is 0 Å². The van der Waals surface area contributed by atoms with E-state index in [1.807, 2.05) is 0 Å². The van der Waals surface area contributed by atoms with E-state index in [1.54, 1.807) is 0 Å². The first-order valence-corrected chi connectivity index (χ1v) is 10.0.